The van der Waals surface area contributed by atoms with E-state index in [4.69, 9.17) is 10.5 Å². The Hall–Kier alpha value is -3.41. The Kier molecular flexibility index (Phi) is 8.85. The van der Waals surface area contributed by atoms with Crippen molar-refractivity contribution in [1.29, 1.82) is 0 Å². The van der Waals surface area contributed by atoms with Crippen molar-refractivity contribution in [3.8, 4) is 11.5 Å². The fourth-order valence-corrected chi connectivity index (χ4v) is 8.19. The molecule has 0 bridgehead atoms. The summed E-state index contributed by atoms with van der Waals surface area (Å²) < 4.78 is 5.89. The van der Waals surface area contributed by atoms with E-state index >= 15 is 0 Å². The number of carbonyl (C=O) groups is 3. The fraction of sp³-hybridized carbons (Fsp3) is 0.606. The van der Waals surface area contributed by atoms with E-state index in [1.54, 1.807) is 14.1 Å². The molecule has 5 rings (SSSR count). The van der Waals surface area contributed by atoms with E-state index in [0.717, 1.165) is 18.7 Å². The van der Waals surface area contributed by atoms with Crippen LogP contribution in [0, 0.1) is 17.8 Å². The van der Waals surface area contributed by atoms with Crippen molar-refractivity contribution < 1.29 is 39.5 Å². The van der Waals surface area contributed by atoms with Gasteiger partial charge in [0.05, 0.1) is 18.7 Å². The quantitative estimate of drug-likeness (QED) is 0.217. The molecule has 0 unspecified atom stereocenters. The number of methoxy groups -OCH3 is 1. The Morgan fingerprint density at radius 1 is 1.11 bits per heavy atom. The maximum absolute atomic E-state index is 14.0. The van der Waals surface area contributed by atoms with Crippen LogP contribution in [0.3, 0.4) is 0 Å². The normalized spacial score (nSPS) is 27.8. The molecule has 4 aliphatic carbocycles. The Morgan fingerprint density at radius 3 is 2.34 bits per heavy atom. The summed E-state index contributed by atoms with van der Waals surface area (Å²) in [5.41, 5.74) is 2.95. The highest BCUT2D eigenvalue weighted by molar-refractivity contribution is 6.24. The van der Waals surface area contributed by atoms with E-state index in [1.165, 1.54) is 56.6 Å². The number of fused-ring (bicyclic) bond motifs is 3. The minimum atomic E-state index is -2.66. The standard InChI is InChI=1S/C33H45N3O8/c1-5-36(15-17-10-8-6-7-9-11-17)16-19-14-22(37)24-20(29(19)44-4)12-18-13-21-26(35(2)3)28(39)25(32(34)42)31(41)33(21,43)30(40)23(18)27(24)38/h14,17-18,21,26,37,39-40,43H,5-13,15-16H2,1-4H3,(H2,34,42)/t18-,21-,26-,33-/m0/s1. The number of amides is 1. The molecule has 44 heavy (non-hydrogen) atoms. The first kappa shape index (κ1) is 32.0. The van der Waals surface area contributed by atoms with Gasteiger partial charge in [0.25, 0.3) is 5.91 Å². The third-order valence-corrected chi connectivity index (χ3v) is 10.3. The first-order valence-corrected chi connectivity index (χ1v) is 15.6. The van der Waals surface area contributed by atoms with Crippen LogP contribution in [0.1, 0.15) is 73.4 Å². The Bertz CT molecular complexity index is 1420. The van der Waals surface area contributed by atoms with Crippen molar-refractivity contribution in [2.24, 2.45) is 23.5 Å². The summed E-state index contributed by atoms with van der Waals surface area (Å²) in [7, 11) is 4.74. The van der Waals surface area contributed by atoms with Crippen molar-refractivity contribution in [3.63, 3.8) is 0 Å². The molecule has 1 amide bonds. The average molecular weight is 612 g/mol. The van der Waals surface area contributed by atoms with Gasteiger partial charge in [0.15, 0.2) is 11.4 Å². The summed E-state index contributed by atoms with van der Waals surface area (Å²) in [6.45, 7) is 4.38. The second-order valence-corrected chi connectivity index (χ2v) is 13.1. The van der Waals surface area contributed by atoms with Crippen LogP contribution < -0.4 is 10.5 Å². The predicted octanol–water partition coefficient (Wildman–Crippen LogP) is 2.92. The second kappa shape index (κ2) is 12.2. The molecule has 0 spiro atoms. The molecule has 6 N–H and O–H groups in total. The van der Waals surface area contributed by atoms with E-state index in [0.29, 0.717) is 23.8 Å². The number of hydrogen-bond acceptors (Lipinski definition) is 10. The highest BCUT2D eigenvalue weighted by Gasteiger charge is 2.63. The molecule has 240 valence electrons. The van der Waals surface area contributed by atoms with E-state index in [2.05, 4.69) is 11.8 Å². The van der Waals surface area contributed by atoms with Gasteiger partial charge in [0, 0.05) is 35.7 Å². The number of primary amides is 1. The number of carbonyl (C=O) groups excluding carboxylic acids is 3. The Balaban J connectivity index is 1.56. The number of nitrogens with two attached hydrogens (primary N) is 1. The molecule has 0 aliphatic heterocycles. The lowest BCUT2D eigenvalue weighted by Gasteiger charge is -2.50. The number of hydrogen-bond donors (Lipinski definition) is 5. The van der Waals surface area contributed by atoms with Gasteiger partial charge in [0.1, 0.15) is 28.6 Å². The van der Waals surface area contributed by atoms with Gasteiger partial charge in [-0.25, -0.2) is 0 Å². The highest BCUT2D eigenvalue weighted by Crippen LogP contribution is 2.53. The number of phenolic OH excluding ortho intramolecular Hbond substituents is 1. The zero-order valence-electron chi connectivity index (χ0n) is 26.1. The molecule has 0 radical (unpaired) electrons. The molecule has 1 fully saturated rings. The SMILES string of the molecule is CCN(Cc1cc(O)c2c(c1OC)C[C@H]1C[C@H]3[C@H](N(C)C)C(O)=C(C(N)=O)C(=O)[C@@]3(O)C(O)=C1C2=O)CC1CCCCCC1. The van der Waals surface area contributed by atoms with Crippen LogP contribution >= 0.6 is 0 Å². The minimum Gasteiger partial charge on any atom is -0.510 e. The number of allylic oxidation sites excluding steroid dienone is 1. The number of ketones is 2. The number of phenols is 1. The van der Waals surface area contributed by atoms with Crippen molar-refractivity contribution in [1.82, 2.24) is 9.80 Å². The topological polar surface area (TPSA) is 174 Å². The van der Waals surface area contributed by atoms with E-state index in [1.807, 2.05) is 0 Å². The summed E-state index contributed by atoms with van der Waals surface area (Å²) in [6, 6.07) is 0.493. The fourth-order valence-electron chi connectivity index (χ4n) is 8.19. The molecule has 0 saturated heterocycles. The third kappa shape index (κ3) is 5.08. The van der Waals surface area contributed by atoms with Gasteiger partial charge in [-0.1, -0.05) is 32.6 Å². The third-order valence-electron chi connectivity index (χ3n) is 10.3. The highest BCUT2D eigenvalue weighted by atomic mass is 16.5. The lowest BCUT2D eigenvalue weighted by atomic mass is 9.58. The number of likely N-dealkylation sites (N-methyl/N-ethyl adjacent to an activating group) is 1. The average Bonchev–Trinajstić information content (AvgIpc) is 3.23. The van der Waals surface area contributed by atoms with Crippen molar-refractivity contribution in [3.05, 3.63) is 45.4 Å². The van der Waals surface area contributed by atoms with Crippen LogP contribution in [0.25, 0.3) is 0 Å². The minimum absolute atomic E-state index is 0.0304. The van der Waals surface area contributed by atoms with E-state index in [-0.39, 0.29) is 29.7 Å². The van der Waals surface area contributed by atoms with Crippen molar-refractivity contribution >= 4 is 17.5 Å². The molecule has 1 aromatic rings. The van der Waals surface area contributed by atoms with Crippen molar-refractivity contribution in [2.75, 3.05) is 34.3 Å². The molecule has 4 aliphatic rings. The van der Waals surface area contributed by atoms with Crippen LogP contribution in [0.15, 0.2) is 28.7 Å². The van der Waals surface area contributed by atoms with Crippen LogP contribution in [-0.4, -0.2) is 93.6 Å². The summed E-state index contributed by atoms with van der Waals surface area (Å²) in [4.78, 5) is 43.6. The van der Waals surface area contributed by atoms with Crippen LogP contribution in [0.2, 0.25) is 0 Å². The van der Waals surface area contributed by atoms with Gasteiger partial charge in [-0.2, -0.15) is 0 Å². The number of aliphatic hydroxyl groups is 3. The summed E-state index contributed by atoms with van der Waals surface area (Å²) >= 11 is 0. The van der Waals surface area contributed by atoms with Crippen LogP contribution in [0.4, 0.5) is 0 Å². The van der Waals surface area contributed by atoms with Gasteiger partial charge in [-0.05, 0) is 64.2 Å². The number of aromatic hydroxyl groups is 1. The number of nitrogens with zero attached hydrogens (tertiary/aromatic N) is 2. The number of rotatable bonds is 8. The summed E-state index contributed by atoms with van der Waals surface area (Å²) in [5, 5.41) is 45.5. The first-order valence-electron chi connectivity index (χ1n) is 15.6. The number of Topliss-reactive ketones (excluding diaryl/α,β-unsaturated/α-hetero) is 2. The second-order valence-electron chi connectivity index (χ2n) is 13.1. The lowest BCUT2D eigenvalue weighted by Crippen LogP contribution is -2.63. The van der Waals surface area contributed by atoms with Gasteiger partial charge >= 0.3 is 0 Å². The zero-order chi connectivity index (χ0) is 32.1. The molecule has 11 nitrogen and oxygen atoms in total. The first-order chi connectivity index (χ1) is 20.9. The van der Waals surface area contributed by atoms with Gasteiger partial charge < -0.3 is 30.9 Å². The van der Waals surface area contributed by atoms with Gasteiger partial charge in [0.2, 0.25) is 5.78 Å². The molecular formula is C33H45N3O8. The largest absolute Gasteiger partial charge is 0.510 e. The molecule has 4 atom stereocenters. The predicted molar refractivity (Wildman–Crippen MR) is 162 cm³/mol. The van der Waals surface area contributed by atoms with Crippen LogP contribution in [-0.2, 0) is 22.6 Å². The monoisotopic (exact) mass is 611 g/mol. The lowest BCUT2D eigenvalue weighted by molar-refractivity contribution is -0.148. The van der Waals surface area contributed by atoms with E-state index in [9.17, 15) is 34.8 Å². The molecule has 0 aromatic heterocycles. The summed E-state index contributed by atoms with van der Waals surface area (Å²) in [6.07, 6.45) is 7.66. The summed E-state index contributed by atoms with van der Waals surface area (Å²) in [5.74, 6) is -5.58. The molecule has 1 aromatic carbocycles. The smallest absolute Gasteiger partial charge is 0.255 e. The molecule has 0 heterocycles. The van der Waals surface area contributed by atoms with Crippen molar-refractivity contribution in [2.45, 2.75) is 76.5 Å². The van der Waals surface area contributed by atoms with Gasteiger partial charge in [-0.15, -0.1) is 0 Å². The molecule has 1 saturated carbocycles. The number of ether oxygens (including phenoxy) is 1. The maximum atomic E-state index is 14.0. The Morgan fingerprint density at radius 2 is 1.77 bits per heavy atom. The zero-order valence-corrected chi connectivity index (χ0v) is 26.1. The van der Waals surface area contributed by atoms with E-state index < -0.39 is 58.0 Å². The Labute approximate surface area is 258 Å². The number of aliphatic hydroxyl groups excluding tert-OH is 2. The molecule has 11 heteroatoms. The van der Waals surface area contributed by atoms with Gasteiger partial charge in [-0.3, -0.25) is 24.2 Å². The number of benzene rings is 1. The molecular weight excluding hydrogens is 566 g/mol. The maximum Gasteiger partial charge on any atom is 0.255 e. The van der Waals surface area contributed by atoms with Crippen LogP contribution in [0.5, 0.6) is 11.5 Å².